The number of nitrogens with two attached hydrogens (primary N) is 1. The Bertz CT molecular complexity index is 787. The molecule has 0 amide bonds. The van der Waals surface area contributed by atoms with Crippen LogP contribution < -0.4 is 16.0 Å². The first-order chi connectivity index (χ1) is 11.6. The molecule has 0 saturated carbocycles. The van der Waals surface area contributed by atoms with Gasteiger partial charge in [-0.2, -0.15) is 0 Å². The third-order valence-electron chi connectivity index (χ3n) is 3.91. The zero-order chi connectivity index (χ0) is 17.1. The molecule has 0 unspecified atom stereocenters. The van der Waals surface area contributed by atoms with E-state index < -0.39 is 0 Å². The maximum atomic E-state index is 12.9. The summed E-state index contributed by atoms with van der Waals surface area (Å²) in [6.45, 7) is 7.10. The monoisotopic (exact) mass is 343 g/mol. The van der Waals surface area contributed by atoms with Crippen LogP contribution in [0.2, 0.25) is 5.02 Å². The van der Waals surface area contributed by atoms with Crippen molar-refractivity contribution in [3.8, 4) is 0 Å². The normalized spacial score (nSPS) is 14.5. The molecule has 3 rings (SSSR count). The standard InChI is InChI=1S/C17H18ClN5O/c1-2-11-9-12(17(19)21-10-11)16(24)15-13(18)3-4-14(22-15)23-7-5-20-6-8-23/h2-4,9-10,20H,1,5-8H2,(H2,19,21). The molecule has 1 aliphatic rings. The van der Waals surface area contributed by atoms with Crippen LogP contribution in [0.25, 0.3) is 6.08 Å². The second-order valence-electron chi connectivity index (χ2n) is 5.47. The Morgan fingerprint density at radius 3 is 2.83 bits per heavy atom. The quantitative estimate of drug-likeness (QED) is 0.826. The molecule has 2 aromatic rings. The Balaban J connectivity index is 1.99. The van der Waals surface area contributed by atoms with Crippen LogP contribution in [0.15, 0.2) is 31.0 Å². The third-order valence-corrected chi connectivity index (χ3v) is 4.21. The minimum Gasteiger partial charge on any atom is -0.383 e. The summed E-state index contributed by atoms with van der Waals surface area (Å²) < 4.78 is 0. The third kappa shape index (κ3) is 3.25. The van der Waals surface area contributed by atoms with Crippen molar-refractivity contribution in [1.29, 1.82) is 0 Å². The van der Waals surface area contributed by atoms with E-state index in [0.717, 1.165) is 32.0 Å². The highest BCUT2D eigenvalue weighted by Gasteiger charge is 2.21. The second kappa shape index (κ2) is 6.98. The van der Waals surface area contributed by atoms with Crippen molar-refractivity contribution >= 4 is 35.1 Å². The summed E-state index contributed by atoms with van der Waals surface area (Å²) in [6, 6.07) is 5.17. The van der Waals surface area contributed by atoms with E-state index in [-0.39, 0.29) is 22.9 Å². The number of anilines is 2. The van der Waals surface area contributed by atoms with Gasteiger partial charge in [0.2, 0.25) is 5.78 Å². The Labute approximate surface area is 145 Å². The van der Waals surface area contributed by atoms with E-state index in [1.807, 2.05) is 6.07 Å². The number of aromatic nitrogens is 2. The fourth-order valence-electron chi connectivity index (χ4n) is 2.57. The summed E-state index contributed by atoms with van der Waals surface area (Å²) >= 11 is 6.21. The number of carbonyl (C=O) groups excluding carboxylic acids is 1. The van der Waals surface area contributed by atoms with Crippen molar-refractivity contribution in [2.45, 2.75) is 0 Å². The molecular formula is C17H18ClN5O. The van der Waals surface area contributed by atoms with Crippen LogP contribution in [0.4, 0.5) is 11.6 Å². The molecule has 24 heavy (non-hydrogen) atoms. The highest BCUT2D eigenvalue weighted by molar-refractivity contribution is 6.34. The molecule has 1 aliphatic heterocycles. The van der Waals surface area contributed by atoms with E-state index in [2.05, 4.69) is 26.8 Å². The lowest BCUT2D eigenvalue weighted by Crippen LogP contribution is -2.44. The van der Waals surface area contributed by atoms with Crippen molar-refractivity contribution in [3.05, 3.63) is 52.8 Å². The van der Waals surface area contributed by atoms with Crippen LogP contribution in [-0.4, -0.2) is 41.9 Å². The Morgan fingerprint density at radius 2 is 2.12 bits per heavy atom. The average Bonchev–Trinajstić information content (AvgIpc) is 2.63. The van der Waals surface area contributed by atoms with Crippen molar-refractivity contribution < 1.29 is 4.79 Å². The first-order valence-electron chi connectivity index (χ1n) is 7.65. The number of hydrogen-bond donors (Lipinski definition) is 2. The molecule has 3 heterocycles. The number of rotatable bonds is 4. The van der Waals surface area contributed by atoms with E-state index in [1.165, 1.54) is 0 Å². The molecule has 2 aromatic heterocycles. The molecule has 124 valence electrons. The van der Waals surface area contributed by atoms with Crippen LogP contribution in [0, 0.1) is 0 Å². The molecular weight excluding hydrogens is 326 g/mol. The van der Waals surface area contributed by atoms with Gasteiger partial charge in [0.1, 0.15) is 17.3 Å². The van der Waals surface area contributed by atoms with Crippen molar-refractivity contribution in [3.63, 3.8) is 0 Å². The number of nitrogens with zero attached hydrogens (tertiary/aromatic N) is 3. The molecule has 6 nitrogen and oxygen atoms in total. The fraction of sp³-hybridized carbons (Fsp3) is 0.235. The highest BCUT2D eigenvalue weighted by Crippen LogP contribution is 2.24. The number of ketones is 1. The van der Waals surface area contributed by atoms with Crippen molar-refractivity contribution in [2.24, 2.45) is 0 Å². The second-order valence-corrected chi connectivity index (χ2v) is 5.88. The largest absolute Gasteiger partial charge is 0.383 e. The summed E-state index contributed by atoms with van der Waals surface area (Å²) in [7, 11) is 0. The van der Waals surface area contributed by atoms with Gasteiger partial charge in [-0.3, -0.25) is 4.79 Å². The lowest BCUT2D eigenvalue weighted by molar-refractivity contribution is 0.103. The van der Waals surface area contributed by atoms with Gasteiger partial charge in [-0.05, 0) is 23.8 Å². The average molecular weight is 344 g/mol. The first kappa shape index (κ1) is 16.4. The number of hydrogen-bond acceptors (Lipinski definition) is 6. The van der Waals surface area contributed by atoms with Gasteiger partial charge < -0.3 is 16.0 Å². The molecule has 0 bridgehead atoms. The van der Waals surface area contributed by atoms with Gasteiger partial charge in [-0.25, -0.2) is 9.97 Å². The van der Waals surface area contributed by atoms with Crippen LogP contribution >= 0.6 is 11.6 Å². The predicted molar refractivity (Wildman–Crippen MR) is 96.5 cm³/mol. The maximum Gasteiger partial charge on any atom is 0.216 e. The molecule has 1 fully saturated rings. The Hall–Kier alpha value is -2.44. The fourth-order valence-corrected chi connectivity index (χ4v) is 2.76. The van der Waals surface area contributed by atoms with Crippen molar-refractivity contribution in [1.82, 2.24) is 15.3 Å². The molecule has 0 aliphatic carbocycles. The smallest absolute Gasteiger partial charge is 0.216 e. The van der Waals surface area contributed by atoms with E-state index in [0.29, 0.717) is 10.6 Å². The number of nitrogen functional groups attached to an aromatic ring is 1. The Kier molecular flexibility index (Phi) is 4.78. The number of pyridine rings is 2. The molecule has 3 N–H and O–H groups in total. The van der Waals surface area contributed by atoms with E-state index in [1.54, 1.807) is 24.4 Å². The number of piperazine rings is 1. The van der Waals surface area contributed by atoms with Gasteiger partial charge in [0, 0.05) is 32.4 Å². The number of nitrogens with one attached hydrogen (secondary N) is 1. The minimum absolute atomic E-state index is 0.149. The predicted octanol–water partition coefficient (Wildman–Crippen LogP) is 2.00. The SMILES string of the molecule is C=Cc1cnc(N)c(C(=O)c2nc(N3CCNCC3)ccc2Cl)c1. The maximum absolute atomic E-state index is 12.9. The van der Waals surface area contributed by atoms with Gasteiger partial charge in [-0.15, -0.1) is 0 Å². The summed E-state index contributed by atoms with van der Waals surface area (Å²) in [5.74, 6) is 0.539. The number of carbonyl (C=O) groups is 1. The van der Waals surface area contributed by atoms with Crippen LogP contribution in [0.1, 0.15) is 21.6 Å². The zero-order valence-corrected chi connectivity index (χ0v) is 13.9. The van der Waals surface area contributed by atoms with Gasteiger partial charge in [0.25, 0.3) is 0 Å². The Morgan fingerprint density at radius 1 is 1.38 bits per heavy atom. The molecule has 1 saturated heterocycles. The summed E-state index contributed by atoms with van der Waals surface area (Å²) in [6.07, 6.45) is 3.17. The van der Waals surface area contributed by atoms with Gasteiger partial charge in [0.05, 0.1) is 10.6 Å². The van der Waals surface area contributed by atoms with Crippen LogP contribution in [-0.2, 0) is 0 Å². The van der Waals surface area contributed by atoms with Crippen molar-refractivity contribution in [2.75, 3.05) is 36.8 Å². The van der Waals surface area contributed by atoms with Crippen LogP contribution in [0.3, 0.4) is 0 Å². The lowest BCUT2D eigenvalue weighted by Gasteiger charge is -2.28. The molecule has 0 radical (unpaired) electrons. The zero-order valence-electron chi connectivity index (χ0n) is 13.1. The minimum atomic E-state index is -0.342. The lowest BCUT2D eigenvalue weighted by atomic mass is 10.1. The van der Waals surface area contributed by atoms with Gasteiger partial charge in [-0.1, -0.05) is 24.3 Å². The number of halogens is 1. The molecule has 0 spiro atoms. The molecule has 0 atom stereocenters. The molecule has 7 heteroatoms. The van der Waals surface area contributed by atoms with Gasteiger partial charge in [0.15, 0.2) is 0 Å². The van der Waals surface area contributed by atoms with Gasteiger partial charge >= 0.3 is 0 Å². The van der Waals surface area contributed by atoms with E-state index >= 15 is 0 Å². The van der Waals surface area contributed by atoms with E-state index in [9.17, 15) is 4.79 Å². The first-order valence-corrected chi connectivity index (χ1v) is 8.03. The summed E-state index contributed by atoms with van der Waals surface area (Å²) in [5.41, 5.74) is 7.03. The molecule has 0 aromatic carbocycles. The van der Waals surface area contributed by atoms with Crippen LogP contribution in [0.5, 0.6) is 0 Å². The summed E-state index contributed by atoms with van der Waals surface area (Å²) in [5, 5.41) is 3.58. The highest BCUT2D eigenvalue weighted by atomic mass is 35.5. The topological polar surface area (TPSA) is 84.1 Å². The summed E-state index contributed by atoms with van der Waals surface area (Å²) in [4.78, 5) is 23.5. The van der Waals surface area contributed by atoms with E-state index in [4.69, 9.17) is 17.3 Å².